The summed E-state index contributed by atoms with van der Waals surface area (Å²) in [5.74, 6) is -0.657. The molecule has 0 atom stereocenters. The lowest BCUT2D eigenvalue weighted by atomic mass is 10.2. The molecule has 0 bridgehead atoms. The average Bonchev–Trinajstić information content (AvgIpc) is 2.82. The zero-order chi connectivity index (χ0) is 12.3. The van der Waals surface area contributed by atoms with Gasteiger partial charge in [-0.25, -0.2) is 4.39 Å². The van der Waals surface area contributed by atoms with Gasteiger partial charge >= 0.3 is 0 Å². The van der Waals surface area contributed by atoms with Crippen LogP contribution in [0, 0.1) is 5.82 Å². The van der Waals surface area contributed by atoms with Gasteiger partial charge in [0, 0.05) is 11.8 Å². The minimum Gasteiger partial charge on any atom is -0.346 e. The number of amides is 1. The van der Waals surface area contributed by atoms with Gasteiger partial charge in [0.1, 0.15) is 5.82 Å². The Labute approximate surface area is 105 Å². The van der Waals surface area contributed by atoms with Crippen LogP contribution >= 0.6 is 15.9 Å². The van der Waals surface area contributed by atoms with E-state index in [1.165, 1.54) is 18.2 Å². The number of hydrogen-bond donors (Lipinski definition) is 2. The first-order valence-corrected chi connectivity index (χ1v) is 5.67. The second kappa shape index (κ2) is 5.09. The maximum Gasteiger partial charge on any atom is 0.251 e. The van der Waals surface area contributed by atoms with E-state index in [0.717, 1.165) is 5.69 Å². The second-order valence-corrected chi connectivity index (χ2v) is 4.25. The van der Waals surface area contributed by atoms with E-state index >= 15 is 0 Å². The predicted octanol–water partition coefficient (Wildman–Crippen LogP) is 2.24. The third kappa shape index (κ3) is 2.91. The van der Waals surface area contributed by atoms with Crippen molar-refractivity contribution in [3.05, 3.63) is 52.0 Å². The fraction of sp³-hybridized carbons (Fsp3) is 0.0909. The molecule has 1 aromatic heterocycles. The van der Waals surface area contributed by atoms with Gasteiger partial charge in [0.15, 0.2) is 0 Å². The molecule has 88 valence electrons. The number of aromatic amines is 1. The summed E-state index contributed by atoms with van der Waals surface area (Å²) in [6.45, 7) is 0.355. The molecule has 0 aliphatic heterocycles. The Bertz CT molecular complexity index is 528. The summed E-state index contributed by atoms with van der Waals surface area (Å²) in [6.07, 6.45) is 1.61. The number of aromatic nitrogens is 2. The van der Waals surface area contributed by atoms with E-state index in [9.17, 15) is 9.18 Å². The fourth-order valence-electron chi connectivity index (χ4n) is 1.30. The van der Waals surface area contributed by atoms with Crippen LogP contribution in [-0.2, 0) is 6.54 Å². The van der Waals surface area contributed by atoms with Gasteiger partial charge < -0.3 is 5.32 Å². The van der Waals surface area contributed by atoms with Gasteiger partial charge in [-0.1, -0.05) is 0 Å². The van der Waals surface area contributed by atoms with Gasteiger partial charge in [-0.3, -0.25) is 9.89 Å². The molecule has 2 rings (SSSR count). The molecule has 0 aliphatic rings. The van der Waals surface area contributed by atoms with Crippen molar-refractivity contribution in [2.24, 2.45) is 0 Å². The van der Waals surface area contributed by atoms with Crippen molar-refractivity contribution in [2.45, 2.75) is 6.54 Å². The molecule has 1 amide bonds. The Kier molecular flexibility index (Phi) is 3.53. The molecule has 0 unspecified atom stereocenters. The van der Waals surface area contributed by atoms with Crippen molar-refractivity contribution < 1.29 is 9.18 Å². The number of carbonyl (C=O) groups is 1. The molecule has 2 aromatic rings. The van der Waals surface area contributed by atoms with E-state index in [0.29, 0.717) is 12.1 Å². The van der Waals surface area contributed by atoms with E-state index in [1.54, 1.807) is 12.3 Å². The van der Waals surface area contributed by atoms with Gasteiger partial charge in [-0.15, -0.1) is 0 Å². The molecular weight excluding hydrogens is 289 g/mol. The maximum absolute atomic E-state index is 13.0. The van der Waals surface area contributed by atoms with Crippen LogP contribution in [0.15, 0.2) is 34.9 Å². The summed E-state index contributed by atoms with van der Waals surface area (Å²) >= 11 is 3.03. The summed E-state index contributed by atoms with van der Waals surface area (Å²) in [7, 11) is 0. The monoisotopic (exact) mass is 297 g/mol. The molecule has 0 radical (unpaired) electrons. The minimum absolute atomic E-state index is 0.264. The largest absolute Gasteiger partial charge is 0.346 e. The number of rotatable bonds is 3. The molecule has 2 N–H and O–H groups in total. The van der Waals surface area contributed by atoms with Crippen LogP contribution in [0.1, 0.15) is 16.1 Å². The van der Waals surface area contributed by atoms with Crippen LogP contribution in [-0.4, -0.2) is 16.1 Å². The quantitative estimate of drug-likeness (QED) is 0.913. The van der Waals surface area contributed by atoms with E-state index in [1.807, 2.05) is 0 Å². The number of nitrogens with zero attached hydrogens (tertiary/aromatic N) is 1. The van der Waals surface area contributed by atoms with Crippen LogP contribution in [0.4, 0.5) is 4.39 Å². The van der Waals surface area contributed by atoms with Gasteiger partial charge in [0.05, 0.1) is 16.7 Å². The Morgan fingerprint density at radius 3 is 2.94 bits per heavy atom. The molecule has 0 aliphatic carbocycles. The lowest BCUT2D eigenvalue weighted by molar-refractivity contribution is 0.0950. The second-order valence-electron chi connectivity index (χ2n) is 3.39. The van der Waals surface area contributed by atoms with E-state index < -0.39 is 5.82 Å². The lowest BCUT2D eigenvalue weighted by Crippen LogP contribution is -2.23. The summed E-state index contributed by atoms with van der Waals surface area (Å²) < 4.78 is 13.2. The maximum atomic E-state index is 13.0. The van der Waals surface area contributed by atoms with Crippen molar-refractivity contribution in [1.82, 2.24) is 15.5 Å². The molecule has 1 heterocycles. The molecule has 0 saturated heterocycles. The highest BCUT2D eigenvalue weighted by Gasteiger charge is 2.08. The highest BCUT2D eigenvalue weighted by Crippen LogP contribution is 2.16. The van der Waals surface area contributed by atoms with Crippen LogP contribution in [0.3, 0.4) is 0 Å². The third-order valence-electron chi connectivity index (χ3n) is 2.18. The lowest BCUT2D eigenvalue weighted by Gasteiger charge is -2.04. The molecule has 1 aromatic carbocycles. The van der Waals surface area contributed by atoms with Crippen molar-refractivity contribution in [3.63, 3.8) is 0 Å². The van der Waals surface area contributed by atoms with Crippen molar-refractivity contribution in [2.75, 3.05) is 0 Å². The van der Waals surface area contributed by atoms with Crippen LogP contribution in [0.2, 0.25) is 0 Å². The minimum atomic E-state index is -0.393. The number of hydrogen-bond acceptors (Lipinski definition) is 2. The molecular formula is C11H9BrFN3O. The van der Waals surface area contributed by atoms with Crippen LogP contribution in [0.25, 0.3) is 0 Å². The highest BCUT2D eigenvalue weighted by atomic mass is 79.9. The molecule has 17 heavy (non-hydrogen) atoms. The van der Waals surface area contributed by atoms with E-state index in [2.05, 4.69) is 31.4 Å². The Balaban J connectivity index is 2.02. The van der Waals surface area contributed by atoms with E-state index in [4.69, 9.17) is 0 Å². The number of halogens is 2. The van der Waals surface area contributed by atoms with Gasteiger partial charge in [-0.2, -0.15) is 5.10 Å². The van der Waals surface area contributed by atoms with Gasteiger partial charge in [0.2, 0.25) is 0 Å². The normalized spacial score (nSPS) is 10.2. The first-order chi connectivity index (χ1) is 8.16. The predicted molar refractivity (Wildman–Crippen MR) is 63.9 cm³/mol. The van der Waals surface area contributed by atoms with Crippen LogP contribution < -0.4 is 5.32 Å². The van der Waals surface area contributed by atoms with Crippen LogP contribution in [0.5, 0.6) is 0 Å². The standard InChI is InChI=1S/C11H9BrFN3O/c12-9-5-7(1-2-10(9)13)11(17)14-6-8-3-4-15-16-8/h1-5H,6H2,(H,14,17)(H,15,16). The zero-order valence-corrected chi connectivity index (χ0v) is 10.3. The third-order valence-corrected chi connectivity index (χ3v) is 2.79. The number of H-pyrrole nitrogens is 1. The summed E-state index contributed by atoms with van der Waals surface area (Å²) in [5, 5.41) is 9.19. The Morgan fingerprint density at radius 1 is 1.47 bits per heavy atom. The highest BCUT2D eigenvalue weighted by molar-refractivity contribution is 9.10. The first kappa shape index (κ1) is 11.8. The number of nitrogens with one attached hydrogen (secondary N) is 2. The van der Waals surface area contributed by atoms with Crippen molar-refractivity contribution in [1.29, 1.82) is 0 Å². The fourth-order valence-corrected chi connectivity index (χ4v) is 1.68. The summed E-state index contributed by atoms with van der Waals surface area (Å²) in [6, 6.07) is 5.88. The molecule has 0 fully saturated rings. The van der Waals surface area contributed by atoms with E-state index in [-0.39, 0.29) is 10.4 Å². The molecule has 4 nitrogen and oxygen atoms in total. The topological polar surface area (TPSA) is 57.8 Å². The average molecular weight is 298 g/mol. The number of carbonyl (C=O) groups excluding carboxylic acids is 1. The van der Waals surface area contributed by atoms with Gasteiger partial charge in [0.25, 0.3) is 5.91 Å². The Morgan fingerprint density at radius 2 is 2.29 bits per heavy atom. The van der Waals surface area contributed by atoms with Crippen molar-refractivity contribution >= 4 is 21.8 Å². The van der Waals surface area contributed by atoms with Gasteiger partial charge in [-0.05, 0) is 40.2 Å². The molecule has 0 spiro atoms. The Hall–Kier alpha value is -1.69. The SMILES string of the molecule is O=C(NCc1ccn[nH]1)c1ccc(F)c(Br)c1. The first-order valence-electron chi connectivity index (χ1n) is 4.88. The zero-order valence-electron chi connectivity index (χ0n) is 8.71. The molecule has 6 heteroatoms. The number of benzene rings is 1. The summed E-state index contributed by atoms with van der Waals surface area (Å²) in [4.78, 5) is 11.7. The summed E-state index contributed by atoms with van der Waals surface area (Å²) in [5.41, 5.74) is 1.21. The van der Waals surface area contributed by atoms with Crippen molar-refractivity contribution in [3.8, 4) is 0 Å². The molecule has 0 saturated carbocycles. The smallest absolute Gasteiger partial charge is 0.251 e.